The number of H-pyrrole nitrogens is 1. The van der Waals surface area contributed by atoms with Gasteiger partial charge in [-0.05, 0) is 31.2 Å². The summed E-state index contributed by atoms with van der Waals surface area (Å²) in [6, 6.07) is 2.47. The van der Waals surface area contributed by atoms with Crippen molar-refractivity contribution in [2.45, 2.75) is 19.9 Å². The Balaban J connectivity index is 1.81. The van der Waals surface area contributed by atoms with Crippen molar-refractivity contribution in [3.63, 3.8) is 0 Å². The van der Waals surface area contributed by atoms with Crippen LogP contribution in [0.2, 0.25) is 0 Å². The average Bonchev–Trinajstić information content (AvgIpc) is 3.08. The lowest BCUT2D eigenvalue weighted by molar-refractivity contribution is 0.0586. The third kappa shape index (κ3) is 3.12. The first kappa shape index (κ1) is 16.4. The largest absolute Gasteiger partial charge is 0.336 e. The number of aromatic amines is 1. The standard InChI is InChI=1S/C15H18F2N6O/c1-9(2)22-3-5-23(6-4-22)15(24)13-11(16)7-10(8-12(13)17)14-18-20-21-19-14/h7-9H,3-6H2,1-2H3,(H,18,19,20,21). The molecule has 1 fully saturated rings. The highest BCUT2D eigenvalue weighted by atomic mass is 19.1. The molecule has 1 aliphatic rings. The van der Waals surface area contributed by atoms with Crippen LogP contribution < -0.4 is 0 Å². The van der Waals surface area contributed by atoms with Gasteiger partial charge in [0, 0.05) is 37.8 Å². The second-order valence-corrected chi connectivity index (χ2v) is 5.97. The number of nitrogens with one attached hydrogen (secondary N) is 1. The lowest BCUT2D eigenvalue weighted by Gasteiger charge is -2.37. The van der Waals surface area contributed by atoms with Gasteiger partial charge in [-0.1, -0.05) is 0 Å². The quantitative estimate of drug-likeness (QED) is 0.914. The second kappa shape index (κ2) is 6.60. The van der Waals surface area contributed by atoms with Gasteiger partial charge in [-0.15, -0.1) is 10.2 Å². The van der Waals surface area contributed by atoms with Crippen molar-refractivity contribution in [2.75, 3.05) is 26.2 Å². The number of nitrogens with zero attached hydrogens (tertiary/aromatic N) is 5. The summed E-state index contributed by atoms with van der Waals surface area (Å²) < 4.78 is 28.7. The van der Waals surface area contributed by atoms with Crippen LogP contribution in [-0.4, -0.2) is 68.6 Å². The van der Waals surface area contributed by atoms with E-state index in [-0.39, 0.29) is 11.4 Å². The Bertz CT molecular complexity index is 703. The number of amides is 1. The molecule has 0 saturated carbocycles. The maximum absolute atomic E-state index is 14.3. The minimum Gasteiger partial charge on any atom is -0.336 e. The first-order chi connectivity index (χ1) is 11.5. The lowest BCUT2D eigenvalue weighted by Crippen LogP contribution is -2.51. The number of piperazine rings is 1. The topological polar surface area (TPSA) is 78.0 Å². The van der Waals surface area contributed by atoms with Crippen LogP contribution in [0.25, 0.3) is 11.4 Å². The smallest absolute Gasteiger partial charge is 0.259 e. The van der Waals surface area contributed by atoms with Crippen molar-refractivity contribution in [1.29, 1.82) is 0 Å². The molecule has 0 unspecified atom stereocenters. The number of tetrazole rings is 1. The molecule has 0 aliphatic carbocycles. The van der Waals surface area contributed by atoms with Crippen LogP contribution in [0.3, 0.4) is 0 Å². The fourth-order valence-electron chi connectivity index (χ4n) is 2.79. The Hall–Kier alpha value is -2.42. The zero-order valence-electron chi connectivity index (χ0n) is 13.5. The van der Waals surface area contributed by atoms with Gasteiger partial charge in [0.2, 0.25) is 5.82 Å². The number of benzene rings is 1. The van der Waals surface area contributed by atoms with Gasteiger partial charge in [0.05, 0.1) is 0 Å². The summed E-state index contributed by atoms with van der Waals surface area (Å²) in [5.41, 5.74) is -0.417. The minimum atomic E-state index is -0.925. The summed E-state index contributed by atoms with van der Waals surface area (Å²) in [7, 11) is 0. The first-order valence-corrected chi connectivity index (χ1v) is 7.73. The van der Waals surface area contributed by atoms with E-state index >= 15 is 0 Å². The molecule has 1 aromatic heterocycles. The van der Waals surface area contributed by atoms with E-state index in [1.807, 2.05) is 0 Å². The molecular weight excluding hydrogens is 318 g/mol. The van der Waals surface area contributed by atoms with E-state index in [2.05, 4.69) is 39.4 Å². The molecular formula is C15H18F2N6O. The van der Waals surface area contributed by atoms with Crippen molar-refractivity contribution >= 4 is 5.91 Å². The second-order valence-electron chi connectivity index (χ2n) is 5.97. The predicted octanol–water partition coefficient (Wildman–Crippen LogP) is 1.31. The Morgan fingerprint density at radius 1 is 1.17 bits per heavy atom. The van der Waals surface area contributed by atoms with E-state index in [1.165, 1.54) is 4.90 Å². The number of halogens is 2. The number of rotatable bonds is 3. The van der Waals surface area contributed by atoms with Gasteiger partial charge in [-0.3, -0.25) is 9.69 Å². The fraction of sp³-hybridized carbons (Fsp3) is 0.467. The molecule has 1 N–H and O–H groups in total. The van der Waals surface area contributed by atoms with Gasteiger partial charge in [0.15, 0.2) is 0 Å². The number of aromatic nitrogens is 4. The molecule has 1 aromatic carbocycles. The van der Waals surface area contributed by atoms with E-state index in [9.17, 15) is 13.6 Å². The Kier molecular flexibility index (Phi) is 4.52. The number of carbonyl (C=O) groups excluding carboxylic acids is 1. The van der Waals surface area contributed by atoms with Gasteiger partial charge in [0.25, 0.3) is 5.91 Å². The van der Waals surface area contributed by atoms with Crippen LogP contribution >= 0.6 is 0 Å². The molecule has 1 aliphatic heterocycles. The van der Waals surface area contributed by atoms with Crippen molar-refractivity contribution in [1.82, 2.24) is 30.4 Å². The zero-order valence-corrected chi connectivity index (χ0v) is 13.5. The Morgan fingerprint density at radius 3 is 2.29 bits per heavy atom. The number of hydrogen-bond donors (Lipinski definition) is 1. The van der Waals surface area contributed by atoms with Crippen LogP contribution in [0.5, 0.6) is 0 Å². The highest BCUT2D eigenvalue weighted by molar-refractivity contribution is 5.95. The highest BCUT2D eigenvalue weighted by Crippen LogP contribution is 2.23. The van der Waals surface area contributed by atoms with E-state index in [0.29, 0.717) is 32.2 Å². The van der Waals surface area contributed by atoms with Crippen molar-refractivity contribution in [3.05, 3.63) is 29.3 Å². The molecule has 9 heteroatoms. The van der Waals surface area contributed by atoms with E-state index in [1.54, 1.807) is 0 Å². The molecule has 128 valence electrons. The number of carbonyl (C=O) groups is 1. The third-order valence-electron chi connectivity index (χ3n) is 4.19. The molecule has 0 radical (unpaired) electrons. The maximum atomic E-state index is 14.3. The molecule has 7 nitrogen and oxygen atoms in total. The molecule has 2 heterocycles. The number of hydrogen-bond acceptors (Lipinski definition) is 5. The average molecular weight is 336 g/mol. The summed E-state index contributed by atoms with van der Waals surface area (Å²) in [5.74, 6) is -2.41. The summed E-state index contributed by atoms with van der Waals surface area (Å²) in [6.45, 7) is 6.42. The van der Waals surface area contributed by atoms with Gasteiger partial charge in [-0.2, -0.15) is 5.21 Å². The summed E-state index contributed by atoms with van der Waals surface area (Å²) >= 11 is 0. The normalized spacial score (nSPS) is 16.0. The van der Waals surface area contributed by atoms with Gasteiger partial charge >= 0.3 is 0 Å². The van der Waals surface area contributed by atoms with Crippen LogP contribution in [-0.2, 0) is 0 Å². The van der Waals surface area contributed by atoms with Crippen LogP contribution in [0.4, 0.5) is 8.78 Å². The molecule has 24 heavy (non-hydrogen) atoms. The van der Waals surface area contributed by atoms with Crippen LogP contribution in [0.1, 0.15) is 24.2 Å². The maximum Gasteiger partial charge on any atom is 0.259 e. The molecule has 3 rings (SSSR count). The van der Waals surface area contributed by atoms with E-state index in [4.69, 9.17) is 0 Å². The van der Waals surface area contributed by atoms with Crippen molar-refractivity contribution < 1.29 is 13.6 Å². The van der Waals surface area contributed by atoms with E-state index in [0.717, 1.165) is 12.1 Å². The van der Waals surface area contributed by atoms with E-state index < -0.39 is 23.1 Å². The third-order valence-corrected chi connectivity index (χ3v) is 4.19. The lowest BCUT2D eigenvalue weighted by atomic mass is 10.1. The van der Waals surface area contributed by atoms with Gasteiger partial charge in [0.1, 0.15) is 17.2 Å². The summed E-state index contributed by atoms with van der Waals surface area (Å²) in [4.78, 5) is 16.2. The van der Waals surface area contributed by atoms with Crippen molar-refractivity contribution in [3.8, 4) is 11.4 Å². The molecule has 0 bridgehead atoms. The van der Waals surface area contributed by atoms with Crippen LogP contribution in [0.15, 0.2) is 12.1 Å². The highest BCUT2D eigenvalue weighted by Gasteiger charge is 2.28. The first-order valence-electron chi connectivity index (χ1n) is 7.73. The molecule has 0 spiro atoms. The molecule has 1 amide bonds. The minimum absolute atomic E-state index is 0.0670. The predicted molar refractivity (Wildman–Crippen MR) is 82.1 cm³/mol. The SMILES string of the molecule is CC(C)N1CCN(C(=O)c2c(F)cc(-c3nn[nH]n3)cc2F)CC1. The Morgan fingerprint density at radius 2 is 1.79 bits per heavy atom. The Labute approximate surface area is 137 Å². The molecule has 0 atom stereocenters. The summed E-state index contributed by atoms with van der Waals surface area (Å²) in [5, 5.41) is 12.9. The van der Waals surface area contributed by atoms with Crippen LogP contribution in [0, 0.1) is 11.6 Å². The van der Waals surface area contributed by atoms with Crippen molar-refractivity contribution in [2.24, 2.45) is 0 Å². The molecule has 2 aromatic rings. The molecule has 1 saturated heterocycles. The summed E-state index contributed by atoms with van der Waals surface area (Å²) in [6.07, 6.45) is 0. The zero-order chi connectivity index (χ0) is 17.3. The van der Waals surface area contributed by atoms with Gasteiger partial charge < -0.3 is 4.90 Å². The fourth-order valence-corrected chi connectivity index (χ4v) is 2.79. The van der Waals surface area contributed by atoms with Gasteiger partial charge in [-0.25, -0.2) is 8.78 Å². The monoisotopic (exact) mass is 336 g/mol.